The number of aryl methyl sites for hydroxylation is 2. The van der Waals surface area contributed by atoms with Crippen LogP contribution < -0.4 is 4.57 Å². The van der Waals surface area contributed by atoms with Crippen molar-refractivity contribution < 1.29 is 13.4 Å². The molecule has 0 amide bonds. The third-order valence-electron chi connectivity index (χ3n) is 6.53. The van der Waals surface area contributed by atoms with Crippen molar-refractivity contribution in [3.05, 3.63) is 115 Å². The number of aromatic nitrogens is 1. The smallest absolute Gasteiger partial charge is 0.213 e. The van der Waals surface area contributed by atoms with E-state index in [2.05, 4.69) is 35.8 Å². The van der Waals surface area contributed by atoms with E-state index in [4.69, 9.17) is 4.42 Å². The van der Waals surface area contributed by atoms with Crippen LogP contribution in [0.25, 0.3) is 55.4 Å². The molecule has 0 saturated heterocycles. The van der Waals surface area contributed by atoms with Crippen LogP contribution in [0.5, 0.6) is 0 Å². The number of hydrogen-bond donors (Lipinski definition) is 0. The molecule has 34 heavy (non-hydrogen) atoms. The van der Waals surface area contributed by atoms with Gasteiger partial charge in [-0.15, -0.1) is 0 Å². The van der Waals surface area contributed by atoms with Gasteiger partial charge in [-0.25, -0.2) is 8.96 Å². The number of fused-ring (bicyclic) bond motifs is 3. The molecule has 0 aliphatic heterocycles. The number of benzene rings is 4. The minimum atomic E-state index is -0.291. The van der Waals surface area contributed by atoms with Crippen molar-refractivity contribution in [1.82, 2.24) is 0 Å². The highest BCUT2D eigenvalue weighted by Gasteiger charge is 2.23. The third kappa shape index (κ3) is 3.20. The summed E-state index contributed by atoms with van der Waals surface area (Å²) in [4.78, 5) is 0. The molecule has 164 valence electrons. The van der Waals surface area contributed by atoms with Crippen LogP contribution in [-0.2, 0) is 7.05 Å². The second-order valence-electron chi connectivity index (χ2n) is 8.68. The first-order valence-electron chi connectivity index (χ1n) is 11.4. The second kappa shape index (κ2) is 7.96. The van der Waals surface area contributed by atoms with Gasteiger partial charge in [-0.3, -0.25) is 0 Å². The Labute approximate surface area is 197 Å². The largest absolute Gasteiger partial charge is 0.455 e. The molecule has 4 aromatic carbocycles. The second-order valence-corrected chi connectivity index (χ2v) is 8.68. The van der Waals surface area contributed by atoms with E-state index in [-0.39, 0.29) is 5.82 Å². The summed E-state index contributed by atoms with van der Waals surface area (Å²) in [6.45, 7) is 2.11. The molecule has 6 rings (SSSR count). The minimum Gasteiger partial charge on any atom is -0.455 e. The van der Waals surface area contributed by atoms with Crippen LogP contribution in [0.4, 0.5) is 4.39 Å². The van der Waals surface area contributed by atoms with Gasteiger partial charge in [-0.1, -0.05) is 54.6 Å². The molecule has 2 nitrogen and oxygen atoms in total. The Morgan fingerprint density at radius 1 is 0.706 bits per heavy atom. The van der Waals surface area contributed by atoms with E-state index < -0.39 is 0 Å². The summed E-state index contributed by atoms with van der Waals surface area (Å²) >= 11 is 0. The molecular formula is C31H23FNO+. The molecule has 0 radical (unpaired) electrons. The summed E-state index contributed by atoms with van der Waals surface area (Å²) in [5, 5.41) is 1.93. The number of rotatable bonds is 3. The lowest BCUT2D eigenvalue weighted by molar-refractivity contribution is -0.660. The van der Waals surface area contributed by atoms with E-state index in [0.29, 0.717) is 11.1 Å². The van der Waals surface area contributed by atoms with Gasteiger partial charge in [0.2, 0.25) is 5.69 Å². The Morgan fingerprint density at radius 2 is 1.47 bits per heavy atom. The molecule has 3 heteroatoms. The molecule has 0 N–H and O–H groups in total. The van der Waals surface area contributed by atoms with Crippen molar-refractivity contribution in [2.24, 2.45) is 7.05 Å². The average molecular weight is 445 g/mol. The van der Waals surface area contributed by atoms with Crippen LogP contribution in [-0.4, -0.2) is 0 Å². The first-order valence-corrected chi connectivity index (χ1v) is 11.4. The fourth-order valence-corrected chi connectivity index (χ4v) is 4.88. The predicted octanol–water partition coefficient (Wildman–Crippen LogP) is 7.86. The van der Waals surface area contributed by atoms with Crippen molar-refractivity contribution in [3.63, 3.8) is 0 Å². The highest BCUT2D eigenvalue weighted by molar-refractivity contribution is 6.15. The van der Waals surface area contributed by atoms with Gasteiger partial charge in [0.1, 0.15) is 24.0 Å². The quantitative estimate of drug-likeness (QED) is 0.254. The highest BCUT2D eigenvalue weighted by atomic mass is 19.1. The molecule has 0 unspecified atom stereocenters. The minimum absolute atomic E-state index is 0.291. The summed E-state index contributed by atoms with van der Waals surface area (Å²) in [6.07, 6.45) is 2.04. The fourth-order valence-electron chi connectivity index (χ4n) is 4.88. The molecule has 0 aliphatic rings. The SMILES string of the molecule is Cc1ccc2oc3c(-c4cccc(-c5ccccc5)c4)c(F)ccc3c2c1-c1cccc[n+]1C. The lowest BCUT2D eigenvalue weighted by Crippen LogP contribution is -2.30. The van der Waals surface area contributed by atoms with Crippen molar-refractivity contribution in [2.45, 2.75) is 6.92 Å². The van der Waals surface area contributed by atoms with Crippen LogP contribution >= 0.6 is 0 Å². The Bertz CT molecular complexity index is 1680. The molecule has 0 bridgehead atoms. The van der Waals surface area contributed by atoms with E-state index >= 15 is 4.39 Å². The summed E-state index contributed by atoms with van der Waals surface area (Å²) < 4.78 is 23.8. The van der Waals surface area contributed by atoms with Crippen molar-refractivity contribution in [3.8, 4) is 33.5 Å². The maximum atomic E-state index is 15.4. The van der Waals surface area contributed by atoms with Crippen LogP contribution in [0.15, 0.2) is 108 Å². The molecular weight excluding hydrogens is 421 g/mol. The van der Waals surface area contributed by atoms with E-state index in [0.717, 1.165) is 49.9 Å². The Balaban J connectivity index is 1.65. The first-order chi connectivity index (χ1) is 16.6. The van der Waals surface area contributed by atoms with Gasteiger partial charge >= 0.3 is 0 Å². The maximum Gasteiger partial charge on any atom is 0.213 e. The zero-order valence-electron chi connectivity index (χ0n) is 19.0. The Kier molecular flexibility index (Phi) is 4.77. The highest BCUT2D eigenvalue weighted by Crippen LogP contribution is 2.42. The van der Waals surface area contributed by atoms with Crippen LogP contribution in [0.2, 0.25) is 0 Å². The molecule has 2 aromatic heterocycles. The normalized spacial score (nSPS) is 11.4. The first kappa shape index (κ1) is 20.4. The summed E-state index contributed by atoms with van der Waals surface area (Å²) in [5.41, 5.74) is 8.10. The monoisotopic (exact) mass is 444 g/mol. The Hall–Kier alpha value is -4.24. The van der Waals surface area contributed by atoms with Crippen LogP contribution in [0.3, 0.4) is 0 Å². The van der Waals surface area contributed by atoms with Gasteiger partial charge in [0.05, 0.1) is 11.1 Å². The fraction of sp³-hybridized carbons (Fsp3) is 0.0645. The predicted molar refractivity (Wildman–Crippen MR) is 136 cm³/mol. The molecule has 0 saturated carbocycles. The summed E-state index contributed by atoms with van der Waals surface area (Å²) in [5.74, 6) is -0.291. The maximum absolute atomic E-state index is 15.4. The third-order valence-corrected chi connectivity index (χ3v) is 6.53. The van der Waals surface area contributed by atoms with E-state index in [1.165, 1.54) is 0 Å². The van der Waals surface area contributed by atoms with Crippen molar-refractivity contribution in [2.75, 3.05) is 0 Å². The standard InChI is InChI=1S/C31H23FNO/c1-20-14-17-27-30(28(20)26-13-6-7-18-33(26)2)24-15-16-25(32)29(31(24)34-27)23-12-8-11-22(19-23)21-9-4-3-5-10-21/h3-19H,1-2H3/q+1. The zero-order valence-corrected chi connectivity index (χ0v) is 19.0. The molecule has 0 atom stereocenters. The number of halogens is 1. The topological polar surface area (TPSA) is 17.0 Å². The number of furan rings is 1. The molecule has 2 heterocycles. The lowest BCUT2D eigenvalue weighted by atomic mass is 9.95. The van der Waals surface area contributed by atoms with Crippen LogP contribution in [0, 0.1) is 12.7 Å². The lowest BCUT2D eigenvalue weighted by Gasteiger charge is -2.08. The van der Waals surface area contributed by atoms with E-state index in [1.807, 2.05) is 80.0 Å². The van der Waals surface area contributed by atoms with Crippen LogP contribution in [0.1, 0.15) is 5.56 Å². The number of pyridine rings is 1. The van der Waals surface area contributed by atoms with Gasteiger partial charge in [0.15, 0.2) is 6.20 Å². The van der Waals surface area contributed by atoms with Gasteiger partial charge in [0, 0.05) is 22.9 Å². The molecule has 0 fully saturated rings. The molecule has 6 aromatic rings. The van der Waals surface area contributed by atoms with Crippen molar-refractivity contribution >= 4 is 21.9 Å². The van der Waals surface area contributed by atoms with Crippen molar-refractivity contribution in [1.29, 1.82) is 0 Å². The summed E-state index contributed by atoms with van der Waals surface area (Å²) in [6, 6.07) is 31.7. The molecule has 0 spiro atoms. The summed E-state index contributed by atoms with van der Waals surface area (Å²) in [7, 11) is 2.04. The van der Waals surface area contributed by atoms with Gasteiger partial charge in [0.25, 0.3) is 0 Å². The number of nitrogens with zero attached hydrogens (tertiary/aromatic N) is 1. The zero-order chi connectivity index (χ0) is 23.2. The van der Waals surface area contributed by atoms with E-state index in [1.54, 1.807) is 6.07 Å². The van der Waals surface area contributed by atoms with Gasteiger partial charge < -0.3 is 4.42 Å². The van der Waals surface area contributed by atoms with Gasteiger partial charge in [-0.05, 0) is 59.5 Å². The van der Waals surface area contributed by atoms with Gasteiger partial charge in [-0.2, -0.15) is 0 Å². The Morgan fingerprint density at radius 3 is 2.29 bits per heavy atom. The van der Waals surface area contributed by atoms with E-state index in [9.17, 15) is 0 Å². The molecule has 0 aliphatic carbocycles. The average Bonchev–Trinajstić information content (AvgIpc) is 3.24. The number of hydrogen-bond acceptors (Lipinski definition) is 1.